The Hall–Kier alpha value is -1.01. The van der Waals surface area contributed by atoms with E-state index in [1.54, 1.807) is 0 Å². The van der Waals surface area contributed by atoms with Gasteiger partial charge >= 0.3 is 5.97 Å². The number of carbonyl (C=O) groups excluding carboxylic acids is 1. The summed E-state index contributed by atoms with van der Waals surface area (Å²) in [5.74, 6) is -0.260. The molecular formula is C32H52O14. The lowest BCUT2D eigenvalue weighted by Gasteiger charge is -2.63. The second-order valence-corrected chi connectivity index (χ2v) is 15.7. The lowest BCUT2D eigenvalue weighted by molar-refractivity contribution is -0.328. The van der Waals surface area contributed by atoms with Crippen LogP contribution in [0.25, 0.3) is 0 Å². The first-order valence-electron chi connectivity index (χ1n) is 16.8. The summed E-state index contributed by atoms with van der Waals surface area (Å²) in [5, 5.41) is 93.1. The molecule has 0 unspecified atom stereocenters. The first-order chi connectivity index (χ1) is 21.6. The molecule has 2 saturated heterocycles. The maximum Gasteiger partial charge on any atom is 0.314 e. The number of rotatable bonds is 7. The van der Waals surface area contributed by atoms with Crippen LogP contribution in [0.5, 0.6) is 0 Å². The van der Waals surface area contributed by atoms with Gasteiger partial charge in [0.15, 0.2) is 6.29 Å². The van der Waals surface area contributed by atoms with Gasteiger partial charge in [-0.05, 0) is 86.9 Å². The van der Waals surface area contributed by atoms with E-state index in [1.807, 2.05) is 6.92 Å². The van der Waals surface area contributed by atoms with Crippen LogP contribution in [-0.4, -0.2) is 139 Å². The highest BCUT2D eigenvalue weighted by atomic mass is 16.7. The van der Waals surface area contributed by atoms with E-state index in [1.165, 1.54) is 0 Å². The molecule has 0 aromatic rings. The molecule has 264 valence electrons. The van der Waals surface area contributed by atoms with Crippen LogP contribution < -0.4 is 0 Å². The van der Waals surface area contributed by atoms with Crippen LogP contribution >= 0.6 is 0 Å². The summed E-state index contributed by atoms with van der Waals surface area (Å²) in [6, 6.07) is 0. The van der Waals surface area contributed by atoms with Crippen LogP contribution in [0.4, 0.5) is 0 Å². The average molecular weight is 661 g/mol. The van der Waals surface area contributed by atoms with Gasteiger partial charge < -0.3 is 64.9 Å². The second-order valence-electron chi connectivity index (χ2n) is 15.7. The van der Waals surface area contributed by atoms with Gasteiger partial charge in [0.1, 0.15) is 48.8 Å². The SMILES string of the molecule is C[C@@]12CCC[C@@](C)(C(=O)O[C@@H]3O[C@H](CO[C@@H]4O[C@H](CO)[C@@H](O)[C@H](O)[C@H]4O)[C@@H](O)[C@H](O)[C@H]3O)[C@H]1CC[C@@]13C[C@@H](CC[C@H]12)[C@](O)(CO)C3. The van der Waals surface area contributed by atoms with Crippen LogP contribution in [0.15, 0.2) is 0 Å². The Morgan fingerprint density at radius 2 is 1.43 bits per heavy atom. The third kappa shape index (κ3) is 5.35. The number of fused-ring (bicyclic) bond motifs is 3. The molecule has 0 amide bonds. The van der Waals surface area contributed by atoms with E-state index in [0.29, 0.717) is 12.8 Å². The third-order valence-corrected chi connectivity index (χ3v) is 13.2. The van der Waals surface area contributed by atoms with Crippen LogP contribution in [0, 0.1) is 34.0 Å². The van der Waals surface area contributed by atoms with E-state index >= 15 is 0 Å². The van der Waals surface area contributed by atoms with E-state index in [-0.39, 0.29) is 35.2 Å². The highest BCUT2D eigenvalue weighted by molar-refractivity contribution is 5.77. The number of hydrogen-bond donors (Lipinski definition) is 9. The molecule has 6 rings (SSSR count). The first-order valence-corrected chi connectivity index (χ1v) is 16.8. The Balaban J connectivity index is 1.15. The number of carbonyl (C=O) groups is 1. The maximum atomic E-state index is 14.1. The molecule has 14 nitrogen and oxygen atoms in total. The molecule has 2 bridgehead atoms. The fraction of sp³-hybridized carbons (Fsp3) is 0.969. The van der Waals surface area contributed by atoms with Gasteiger partial charge in [0, 0.05) is 0 Å². The van der Waals surface area contributed by atoms with E-state index in [2.05, 4.69) is 6.92 Å². The highest BCUT2D eigenvalue weighted by Gasteiger charge is 2.68. The minimum atomic E-state index is -1.77. The molecule has 1 spiro atoms. The number of hydrogen-bond acceptors (Lipinski definition) is 14. The minimum Gasteiger partial charge on any atom is -0.432 e. The van der Waals surface area contributed by atoms with E-state index < -0.39 is 91.6 Å². The molecule has 9 N–H and O–H groups in total. The molecule has 0 aromatic heterocycles. The summed E-state index contributed by atoms with van der Waals surface area (Å²) in [5.41, 5.74) is -2.27. The Morgan fingerprint density at radius 1 is 0.783 bits per heavy atom. The van der Waals surface area contributed by atoms with Gasteiger partial charge in [0.05, 0.1) is 30.8 Å². The van der Waals surface area contributed by atoms with Crippen LogP contribution in [-0.2, 0) is 23.7 Å². The summed E-state index contributed by atoms with van der Waals surface area (Å²) in [4.78, 5) is 14.1. The predicted molar refractivity (Wildman–Crippen MR) is 155 cm³/mol. The molecule has 4 saturated carbocycles. The van der Waals surface area contributed by atoms with Gasteiger partial charge in [-0.3, -0.25) is 4.79 Å². The van der Waals surface area contributed by atoms with Crippen LogP contribution in [0.3, 0.4) is 0 Å². The molecule has 2 aliphatic heterocycles. The van der Waals surface area contributed by atoms with Crippen molar-refractivity contribution < 1.29 is 69.7 Å². The number of aliphatic hydroxyl groups excluding tert-OH is 8. The monoisotopic (exact) mass is 660 g/mol. The lowest BCUT2D eigenvalue weighted by Crippen LogP contribution is -2.63. The molecule has 14 heteroatoms. The van der Waals surface area contributed by atoms with Crippen molar-refractivity contribution in [2.24, 2.45) is 34.0 Å². The predicted octanol–water partition coefficient (Wildman–Crippen LogP) is -1.71. The van der Waals surface area contributed by atoms with Gasteiger partial charge in [-0.15, -0.1) is 0 Å². The first kappa shape index (κ1) is 34.8. The quantitative estimate of drug-likeness (QED) is 0.138. The summed E-state index contributed by atoms with van der Waals surface area (Å²) < 4.78 is 22.4. The van der Waals surface area contributed by atoms with Crippen molar-refractivity contribution in [1.82, 2.24) is 0 Å². The summed E-state index contributed by atoms with van der Waals surface area (Å²) in [7, 11) is 0. The molecule has 46 heavy (non-hydrogen) atoms. The Bertz CT molecular complexity index is 1120. The van der Waals surface area contributed by atoms with Gasteiger partial charge in [0.2, 0.25) is 6.29 Å². The zero-order valence-electron chi connectivity index (χ0n) is 26.6. The van der Waals surface area contributed by atoms with Crippen LogP contribution in [0.1, 0.15) is 71.6 Å². The van der Waals surface area contributed by atoms with E-state index in [9.17, 15) is 50.8 Å². The second kappa shape index (κ2) is 12.4. The van der Waals surface area contributed by atoms with Gasteiger partial charge in [-0.25, -0.2) is 0 Å². The molecular weight excluding hydrogens is 608 g/mol. The van der Waals surface area contributed by atoms with Gasteiger partial charge in [0.25, 0.3) is 0 Å². The summed E-state index contributed by atoms with van der Waals surface area (Å²) >= 11 is 0. The Kier molecular flexibility index (Phi) is 9.39. The van der Waals surface area contributed by atoms with Crippen molar-refractivity contribution in [3.05, 3.63) is 0 Å². The molecule has 0 aromatic carbocycles. The lowest BCUT2D eigenvalue weighted by atomic mass is 9.41. The van der Waals surface area contributed by atoms with Crippen LogP contribution in [0.2, 0.25) is 0 Å². The molecule has 6 aliphatic rings. The maximum absolute atomic E-state index is 14.1. The van der Waals surface area contributed by atoms with Crippen molar-refractivity contribution >= 4 is 5.97 Å². The zero-order chi connectivity index (χ0) is 33.4. The molecule has 0 radical (unpaired) electrons. The summed E-state index contributed by atoms with van der Waals surface area (Å²) in [6.07, 6.45) is -8.82. The van der Waals surface area contributed by atoms with Gasteiger partial charge in [-0.1, -0.05) is 13.3 Å². The number of esters is 1. The number of ether oxygens (including phenoxy) is 4. The standard InChI is InChI=1S/C32H52O14/c1-29-7-3-8-30(2,18(29)6-9-31-10-15(4-5-19(29)31)32(42,13-31)14-34)28(41)46-27-25(40)23(38)21(36)17(45-27)12-43-26-24(39)22(37)20(35)16(11-33)44-26/h15-27,33-40,42H,3-14H2,1-2H3/t15-,16-,17-,18+,19+,20-,21-,22+,23+,24-,25-,26-,27+,29-,30-,31+,32-/m1/s1. The van der Waals surface area contributed by atoms with Crippen molar-refractivity contribution in [2.75, 3.05) is 19.8 Å². The van der Waals surface area contributed by atoms with Crippen molar-refractivity contribution in [1.29, 1.82) is 0 Å². The largest absolute Gasteiger partial charge is 0.432 e. The Morgan fingerprint density at radius 3 is 2.11 bits per heavy atom. The fourth-order valence-corrected chi connectivity index (χ4v) is 10.8. The zero-order valence-corrected chi connectivity index (χ0v) is 26.6. The average Bonchev–Trinajstić information content (AvgIpc) is 3.24. The van der Waals surface area contributed by atoms with Crippen molar-refractivity contribution in [2.45, 2.75) is 139 Å². The van der Waals surface area contributed by atoms with E-state index in [0.717, 1.165) is 44.9 Å². The minimum absolute atomic E-state index is 0.0437. The molecule has 4 aliphatic carbocycles. The smallest absolute Gasteiger partial charge is 0.314 e. The van der Waals surface area contributed by atoms with Crippen molar-refractivity contribution in [3.63, 3.8) is 0 Å². The van der Waals surface area contributed by atoms with E-state index in [4.69, 9.17) is 18.9 Å². The normalized spacial score (nSPS) is 55.3. The molecule has 6 fully saturated rings. The van der Waals surface area contributed by atoms with Crippen molar-refractivity contribution in [3.8, 4) is 0 Å². The Labute approximate surface area is 268 Å². The highest BCUT2D eigenvalue weighted by Crippen LogP contribution is 2.73. The number of aliphatic hydroxyl groups is 9. The topological polar surface area (TPSA) is 236 Å². The molecule has 2 heterocycles. The summed E-state index contributed by atoms with van der Waals surface area (Å²) in [6.45, 7) is 2.71. The fourth-order valence-electron chi connectivity index (χ4n) is 10.8. The molecule has 17 atom stereocenters. The van der Waals surface area contributed by atoms with Gasteiger partial charge in [-0.2, -0.15) is 0 Å². The third-order valence-electron chi connectivity index (χ3n) is 13.2.